The summed E-state index contributed by atoms with van der Waals surface area (Å²) in [6.45, 7) is 3.50. The van der Waals surface area contributed by atoms with Crippen molar-refractivity contribution in [2.24, 2.45) is 5.10 Å². The molecule has 0 saturated carbocycles. The summed E-state index contributed by atoms with van der Waals surface area (Å²) < 4.78 is 11.0. The normalized spacial score (nSPS) is 15.2. The number of hydrogen-bond acceptors (Lipinski definition) is 5. The number of carbonyl (C=O) groups is 1. The number of nitrogens with zero attached hydrogens (tertiary/aromatic N) is 2. The van der Waals surface area contributed by atoms with Crippen molar-refractivity contribution < 1.29 is 14.3 Å². The molecule has 36 heavy (non-hydrogen) atoms. The van der Waals surface area contributed by atoms with Crippen LogP contribution >= 0.6 is 0 Å². The number of methoxy groups -OCH3 is 2. The maximum Gasteiger partial charge on any atom is 0.258 e. The molecule has 182 valence electrons. The van der Waals surface area contributed by atoms with Gasteiger partial charge in [-0.3, -0.25) is 9.59 Å². The molecular weight excluding hydrogens is 454 g/mol. The highest BCUT2D eigenvalue weighted by Crippen LogP contribution is 2.41. The zero-order valence-electron chi connectivity index (χ0n) is 20.7. The molecule has 0 aliphatic carbocycles. The predicted octanol–water partition coefficient (Wildman–Crippen LogP) is 5.22. The zero-order valence-corrected chi connectivity index (χ0v) is 20.7. The van der Waals surface area contributed by atoms with Gasteiger partial charge in [-0.25, -0.2) is 5.01 Å². The van der Waals surface area contributed by atoms with Crippen molar-refractivity contribution in [3.8, 4) is 22.6 Å². The number of carbonyl (C=O) groups excluding carboxylic acids is 1. The van der Waals surface area contributed by atoms with E-state index in [0.717, 1.165) is 33.2 Å². The molecule has 0 spiro atoms. The monoisotopic (exact) mass is 481 g/mol. The minimum atomic E-state index is -0.445. The van der Waals surface area contributed by atoms with Crippen molar-refractivity contribution in [3.05, 3.63) is 93.8 Å². The molecule has 5 rings (SSSR count). The average molecular weight is 482 g/mol. The number of ether oxygens (including phenoxy) is 2. The molecule has 0 radical (unpaired) electrons. The van der Waals surface area contributed by atoms with Gasteiger partial charge in [-0.15, -0.1) is 0 Å². The Labute approximate surface area is 209 Å². The molecule has 1 aliphatic rings. The molecule has 2 heterocycles. The Kier molecular flexibility index (Phi) is 6.06. The highest BCUT2D eigenvalue weighted by molar-refractivity contribution is 6.12. The second-order valence-electron chi connectivity index (χ2n) is 8.85. The summed E-state index contributed by atoms with van der Waals surface area (Å²) in [6.07, 6.45) is 0.351. The molecule has 1 N–H and O–H groups in total. The van der Waals surface area contributed by atoms with Crippen molar-refractivity contribution in [2.45, 2.75) is 26.3 Å². The largest absolute Gasteiger partial charge is 0.497 e. The fourth-order valence-corrected chi connectivity index (χ4v) is 4.83. The van der Waals surface area contributed by atoms with Gasteiger partial charge in [0.25, 0.3) is 5.56 Å². The SMILES string of the molecule is COc1ccc(OC)c([C@@H]2CC(c3c(-c4ccc(C)cc4)c4ccccc4[nH]c3=O)=NN2C(C)=O)c1. The Hall–Kier alpha value is -4.39. The molecule has 1 aliphatic heterocycles. The van der Waals surface area contributed by atoms with E-state index in [1.807, 2.05) is 67.6 Å². The second-order valence-corrected chi connectivity index (χ2v) is 8.85. The van der Waals surface area contributed by atoms with E-state index in [0.29, 0.717) is 29.2 Å². The lowest BCUT2D eigenvalue weighted by molar-refractivity contribution is -0.130. The number of aromatic nitrogens is 1. The summed E-state index contributed by atoms with van der Waals surface area (Å²) in [5.74, 6) is 1.04. The number of para-hydroxylation sites is 1. The zero-order chi connectivity index (χ0) is 25.4. The molecule has 7 nitrogen and oxygen atoms in total. The highest BCUT2D eigenvalue weighted by Gasteiger charge is 2.35. The molecule has 1 atom stereocenters. The minimum Gasteiger partial charge on any atom is -0.497 e. The van der Waals surface area contributed by atoms with Crippen molar-refractivity contribution >= 4 is 22.5 Å². The summed E-state index contributed by atoms with van der Waals surface area (Å²) in [5.41, 5.74) is 5.11. The van der Waals surface area contributed by atoms with Gasteiger partial charge in [0.2, 0.25) is 5.91 Å². The van der Waals surface area contributed by atoms with E-state index in [2.05, 4.69) is 4.98 Å². The van der Waals surface area contributed by atoms with Crippen LogP contribution in [0.25, 0.3) is 22.0 Å². The number of benzene rings is 3. The van der Waals surface area contributed by atoms with E-state index in [1.165, 1.54) is 11.9 Å². The quantitative estimate of drug-likeness (QED) is 0.424. The van der Waals surface area contributed by atoms with Gasteiger partial charge in [0.15, 0.2) is 0 Å². The first-order valence-electron chi connectivity index (χ1n) is 11.7. The number of H-pyrrole nitrogens is 1. The van der Waals surface area contributed by atoms with E-state index in [1.54, 1.807) is 20.3 Å². The Balaban J connectivity index is 1.72. The average Bonchev–Trinajstić information content (AvgIpc) is 3.33. The summed E-state index contributed by atoms with van der Waals surface area (Å²) in [4.78, 5) is 29.3. The Morgan fingerprint density at radius 3 is 2.44 bits per heavy atom. The highest BCUT2D eigenvalue weighted by atomic mass is 16.5. The molecule has 0 saturated heterocycles. The first-order valence-corrected chi connectivity index (χ1v) is 11.7. The van der Waals surface area contributed by atoms with Gasteiger partial charge in [0.1, 0.15) is 11.5 Å². The van der Waals surface area contributed by atoms with Crippen LogP contribution in [-0.2, 0) is 4.79 Å². The maximum absolute atomic E-state index is 13.5. The van der Waals surface area contributed by atoms with Crippen molar-refractivity contribution in [2.75, 3.05) is 14.2 Å². The fourth-order valence-electron chi connectivity index (χ4n) is 4.83. The van der Waals surface area contributed by atoms with E-state index in [4.69, 9.17) is 14.6 Å². The molecule has 0 unspecified atom stereocenters. The first-order chi connectivity index (χ1) is 17.4. The molecule has 4 aromatic rings. The van der Waals surface area contributed by atoms with Gasteiger partial charge in [-0.2, -0.15) is 5.10 Å². The number of nitrogens with one attached hydrogen (secondary N) is 1. The van der Waals surface area contributed by atoms with E-state index in [9.17, 15) is 9.59 Å². The Morgan fingerprint density at radius 1 is 1.00 bits per heavy atom. The number of aromatic amines is 1. The summed E-state index contributed by atoms with van der Waals surface area (Å²) in [6, 6.07) is 20.8. The van der Waals surface area contributed by atoms with Crippen LogP contribution in [0.1, 0.15) is 36.1 Å². The van der Waals surface area contributed by atoms with Crippen molar-refractivity contribution in [1.29, 1.82) is 0 Å². The number of hydrogen-bond donors (Lipinski definition) is 1. The number of hydrazone groups is 1. The van der Waals surface area contributed by atoms with Crippen LogP contribution < -0.4 is 15.0 Å². The number of aryl methyl sites for hydroxylation is 1. The molecule has 3 aromatic carbocycles. The number of amides is 1. The third kappa shape index (κ3) is 4.02. The lowest BCUT2D eigenvalue weighted by atomic mass is 9.90. The smallest absolute Gasteiger partial charge is 0.258 e. The fraction of sp³-hybridized carbons (Fsp3) is 0.207. The molecule has 0 bridgehead atoms. The van der Waals surface area contributed by atoms with Crippen molar-refractivity contribution in [1.82, 2.24) is 9.99 Å². The topological polar surface area (TPSA) is 84.0 Å². The summed E-state index contributed by atoms with van der Waals surface area (Å²) in [5, 5.41) is 7.05. The van der Waals surface area contributed by atoms with Crippen molar-refractivity contribution in [3.63, 3.8) is 0 Å². The van der Waals surface area contributed by atoms with Crippen LogP contribution in [0, 0.1) is 6.92 Å². The second kappa shape index (κ2) is 9.34. The Morgan fingerprint density at radius 2 is 1.75 bits per heavy atom. The summed E-state index contributed by atoms with van der Waals surface area (Å²) >= 11 is 0. The van der Waals surface area contributed by atoms with Gasteiger partial charge < -0.3 is 14.5 Å². The van der Waals surface area contributed by atoms with Gasteiger partial charge in [-0.1, -0.05) is 48.0 Å². The predicted molar refractivity (Wildman–Crippen MR) is 141 cm³/mol. The van der Waals surface area contributed by atoms with E-state index >= 15 is 0 Å². The summed E-state index contributed by atoms with van der Waals surface area (Å²) in [7, 11) is 3.18. The van der Waals surface area contributed by atoms with Crippen LogP contribution in [0.4, 0.5) is 0 Å². The minimum absolute atomic E-state index is 0.228. The van der Waals surface area contributed by atoms with E-state index < -0.39 is 6.04 Å². The maximum atomic E-state index is 13.5. The van der Waals surface area contributed by atoms with Crippen LogP contribution in [0.3, 0.4) is 0 Å². The molecule has 0 fully saturated rings. The third-order valence-corrected chi connectivity index (χ3v) is 6.58. The standard InChI is InChI=1S/C29H27N3O4/c1-17-9-11-19(12-10-17)27-21-7-5-6-8-23(21)30-29(34)28(27)24-16-25(32(31-24)18(2)33)22-15-20(35-3)13-14-26(22)36-4/h5-15,25H,16H2,1-4H3,(H,30,34)/t25-/m0/s1. The van der Waals surface area contributed by atoms with Crippen LogP contribution in [0.2, 0.25) is 0 Å². The lowest BCUT2D eigenvalue weighted by Crippen LogP contribution is -2.24. The van der Waals surface area contributed by atoms with E-state index in [-0.39, 0.29) is 11.5 Å². The van der Waals surface area contributed by atoms with Gasteiger partial charge >= 0.3 is 0 Å². The van der Waals surface area contributed by atoms with Crippen LogP contribution in [-0.4, -0.2) is 35.8 Å². The molecule has 1 aromatic heterocycles. The van der Waals surface area contributed by atoms with Crippen LogP contribution in [0.5, 0.6) is 11.5 Å². The number of rotatable bonds is 5. The lowest BCUT2D eigenvalue weighted by Gasteiger charge is -2.23. The van der Waals surface area contributed by atoms with Gasteiger partial charge in [-0.05, 0) is 36.8 Å². The van der Waals surface area contributed by atoms with Gasteiger partial charge in [0.05, 0.1) is 31.5 Å². The molecule has 7 heteroatoms. The molecular formula is C29H27N3O4. The number of fused-ring (bicyclic) bond motifs is 1. The Bertz CT molecular complexity index is 1550. The van der Waals surface area contributed by atoms with Gasteiger partial charge in [0, 0.05) is 35.4 Å². The molecule has 1 amide bonds. The first kappa shape index (κ1) is 23.4. The third-order valence-electron chi connectivity index (χ3n) is 6.58. The van der Waals surface area contributed by atoms with Crippen LogP contribution in [0.15, 0.2) is 76.6 Å². The number of pyridine rings is 1.